The van der Waals surface area contributed by atoms with Crippen molar-refractivity contribution in [2.24, 2.45) is 0 Å². The summed E-state index contributed by atoms with van der Waals surface area (Å²) in [5, 5.41) is 0.681. The maximum atomic E-state index is 13.2. The molecule has 2 nitrogen and oxygen atoms in total. The molecule has 0 bridgehead atoms. The summed E-state index contributed by atoms with van der Waals surface area (Å²) in [5.41, 5.74) is 0.858. The molecule has 2 rings (SSSR count). The molecule has 0 aliphatic heterocycles. The number of thiazole rings is 1. The molecule has 0 fully saturated rings. The van der Waals surface area contributed by atoms with Crippen LogP contribution in [0.4, 0.5) is 4.39 Å². The average Bonchev–Trinajstić information content (AvgIpc) is 2.61. The van der Waals surface area contributed by atoms with Crippen LogP contribution in [0.3, 0.4) is 0 Å². The lowest BCUT2D eigenvalue weighted by Crippen LogP contribution is -1.78. The topological polar surface area (TPSA) is 25.8 Å². The van der Waals surface area contributed by atoms with Crippen LogP contribution in [-0.4, -0.2) is 16.2 Å². The molecule has 14 heavy (non-hydrogen) atoms. The molecule has 2 heterocycles. The largest absolute Gasteiger partial charge is 0.264 e. The van der Waals surface area contributed by atoms with E-state index in [4.69, 9.17) is 0 Å². The molecule has 72 valence electrons. The third kappa shape index (κ3) is 1.78. The predicted octanol–water partition coefficient (Wildman–Crippen LogP) is 3.07. The van der Waals surface area contributed by atoms with Crippen LogP contribution in [0.1, 0.15) is 0 Å². The molecule has 0 amide bonds. The van der Waals surface area contributed by atoms with E-state index in [1.807, 2.05) is 18.4 Å². The number of aromatic nitrogens is 2. The summed E-state index contributed by atoms with van der Waals surface area (Å²) in [6, 6.07) is 3.68. The van der Waals surface area contributed by atoms with E-state index >= 15 is 0 Å². The first kappa shape index (κ1) is 9.61. The van der Waals surface area contributed by atoms with Crippen LogP contribution in [-0.2, 0) is 0 Å². The van der Waals surface area contributed by atoms with E-state index in [1.165, 1.54) is 23.1 Å². The van der Waals surface area contributed by atoms with Crippen LogP contribution in [0.2, 0.25) is 0 Å². The second-order valence-electron chi connectivity index (χ2n) is 2.54. The van der Waals surface area contributed by atoms with Crippen LogP contribution in [0.15, 0.2) is 28.7 Å². The summed E-state index contributed by atoms with van der Waals surface area (Å²) in [5.74, 6) is -0.388. The Hall–Kier alpha value is -0.940. The van der Waals surface area contributed by atoms with E-state index in [-0.39, 0.29) is 5.95 Å². The molecule has 2 aromatic heterocycles. The highest BCUT2D eigenvalue weighted by molar-refractivity contribution is 8.00. The molecule has 0 N–H and O–H groups in total. The first-order valence-corrected chi connectivity index (χ1v) is 5.96. The smallest absolute Gasteiger partial charge is 0.238 e. The number of hydrogen-bond donors (Lipinski definition) is 0. The van der Waals surface area contributed by atoms with Gasteiger partial charge in [0.2, 0.25) is 5.95 Å². The first-order valence-electron chi connectivity index (χ1n) is 3.92. The maximum absolute atomic E-state index is 13.2. The second kappa shape index (κ2) is 4.06. The van der Waals surface area contributed by atoms with Gasteiger partial charge in [-0.25, -0.2) is 4.98 Å². The highest BCUT2D eigenvalue weighted by atomic mass is 32.2. The quantitative estimate of drug-likeness (QED) is 0.736. The van der Waals surface area contributed by atoms with Gasteiger partial charge in [-0.3, -0.25) is 4.98 Å². The lowest BCUT2D eigenvalue weighted by atomic mass is 10.3. The van der Waals surface area contributed by atoms with Gasteiger partial charge in [-0.05, 0) is 18.4 Å². The number of nitrogens with zero attached hydrogens (tertiary/aromatic N) is 2. The molecule has 0 aliphatic rings. The number of rotatable bonds is 2. The molecule has 0 saturated carbocycles. The van der Waals surface area contributed by atoms with Crippen molar-refractivity contribution >= 4 is 23.1 Å². The zero-order valence-corrected chi connectivity index (χ0v) is 9.03. The van der Waals surface area contributed by atoms with Gasteiger partial charge >= 0.3 is 0 Å². The Bertz CT molecular complexity index is 428. The minimum atomic E-state index is -0.388. The van der Waals surface area contributed by atoms with E-state index in [2.05, 4.69) is 9.97 Å². The fourth-order valence-electron chi connectivity index (χ4n) is 1.03. The van der Waals surface area contributed by atoms with Crippen LogP contribution >= 0.6 is 23.1 Å². The van der Waals surface area contributed by atoms with Crippen LogP contribution in [0.25, 0.3) is 10.6 Å². The van der Waals surface area contributed by atoms with Crippen molar-refractivity contribution in [1.82, 2.24) is 9.97 Å². The Kier molecular flexibility index (Phi) is 2.79. The van der Waals surface area contributed by atoms with Gasteiger partial charge in [0.05, 0.1) is 0 Å². The van der Waals surface area contributed by atoms with Gasteiger partial charge in [0.25, 0.3) is 0 Å². The third-order valence-corrected chi connectivity index (χ3v) is 3.81. The molecule has 2 aromatic rings. The van der Waals surface area contributed by atoms with E-state index in [0.717, 1.165) is 5.56 Å². The summed E-state index contributed by atoms with van der Waals surface area (Å²) < 4.78 is 13.8. The van der Waals surface area contributed by atoms with Crippen molar-refractivity contribution in [2.75, 3.05) is 6.26 Å². The van der Waals surface area contributed by atoms with Crippen molar-refractivity contribution < 1.29 is 4.39 Å². The number of pyridine rings is 1. The zero-order chi connectivity index (χ0) is 9.97. The lowest BCUT2D eigenvalue weighted by molar-refractivity contribution is 0.572. The molecule has 5 heteroatoms. The van der Waals surface area contributed by atoms with Gasteiger partial charge in [0.15, 0.2) is 0 Å². The molecule has 0 spiro atoms. The van der Waals surface area contributed by atoms with E-state index in [9.17, 15) is 4.39 Å². The molecule has 0 atom stereocenters. The minimum absolute atomic E-state index is 0.388. The van der Waals surface area contributed by atoms with Crippen molar-refractivity contribution in [1.29, 1.82) is 0 Å². The summed E-state index contributed by atoms with van der Waals surface area (Å²) in [6.45, 7) is 0. The highest BCUT2D eigenvalue weighted by Gasteiger charge is 2.10. The Morgan fingerprint density at radius 1 is 1.50 bits per heavy atom. The third-order valence-electron chi connectivity index (χ3n) is 1.65. The molecule has 0 unspecified atom stereocenters. The second-order valence-corrected chi connectivity index (χ2v) is 4.62. The normalized spacial score (nSPS) is 10.4. The lowest BCUT2D eigenvalue weighted by Gasteiger charge is -1.91. The van der Waals surface area contributed by atoms with E-state index < -0.39 is 0 Å². The van der Waals surface area contributed by atoms with Crippen molar-refractivity contribution in [3.05, 3.63) is 30.5 Å². The minimum Gasteiger partial charge on any atom is -0.264 e. The van der Waals surface area contributed by atoms with Gasteiger partial charge < -0.3 is 0 Å². The van der Waals surface area contributed by atoms with E-state index in [1.54, 1.807) is 12.4 Å². The van der Waals surface area contributed by atoms with Crippen LogP contribution in [0.5, 0.6) is 0 Å². The maximum Gasteiger partial charge on any atom is 0.238 e. The SMILES string of the molecule is CSc1sc(-c2cccnc2)nc1F. The molecule has 0 saturated heterocycles. The zero-order valence-electron chi connectivity index (χ0n) is 7.40. The van der Waals surface area contributed by atoms with Crippen molar-refractivity contribution in [3.63, 3.8) is 0 Å². The van der Waals surface area contributed by atoms with Crippen molar-refractivity contribution in [2.45, 2.75) is 4.21 Å². The molecule has 0 radical (unpaired) electrons. The van der Waals surface area contributed by atoms with Gasteiger partial charge in [-0.1, -0.05) is 0 Å². The Labute approximate surface area is 89.2 Å². The Morgan fingerprint density at radius 3 is 2.93 bits per heavy atom. The Balaban J connectivity index is 2.43. The van der Waals surface area contributed by atoms with Gasteiger partial charge in [0, 0.05) is 18.0 Å². The highest BCUT2D eigenvalue weighted by Crippen LogP contribution is 2.32. The van der Waals surface area contributed by atoms with Gasteiger partial charge in [0.1, 0.15) is 9.22 Å². The number of halogens is 1. The summed E-state index contributed by atoms with van der Waals surface area (Å²) in [6.07, 6.45) is 5.20. The van der Waals surface area contributed by atoms with Crippen LogP contribution in [0, 0.1) is 5.95 Å². The number of thioether (sulfide) groups is 1. The molecular formula is C9H7FN2S2. The first-order chi connectivity index (χ1) is 6.81. The molecule has 0 aliphatic carbocycles. The average molecular weight is 226 g/mol. The monoisotopic (exact) mass is 226 g/mol. The fourth-order valence-corrected chi connectivity index (χ4v) is 2.48. The van der Waals surface area contributed by atoms with Crippen LogP contribution < -0.4 is 0 Å². The summed E-state index contributed by atoms with van der Waals surface area (Å²) in [7, 11) is 0. The standard InChI is InChI=1S/C9H7FN2S2/c1-13-9-7(10)12-8(14-9)6-3-2-4-11-5-6/h2-5H,1H3. The van der Waals surface area contributed by atoms with Gasteiger partial charge in [-0.15, -0.1) is 23.1 Å². The predicted molar refractivity (Wildman–Crippen MR) is 57.1 cm³/mol. The van der Waals surface area contributed by atoms with E-state index in [0.29, 0.717) is 9.22 Å². The van der Waals surface area contributed by atoms with Gasteiger partial charge in [-0.2, -0.15) is 4.39 Å². The fraction of sp³-hybridized carbons (Fsp3) is 0.111. The Morgan fingerprint density at radius 2 is 2.36 bits per heavy atom. The van der Waals surface area contributed by atoms with Crippen molar-refractivity contribution in [3.8, 4) is 10.6 Å². The summed E-state index contributed by atoms with van der Waals surface area (Å²) >= 11 is 2.72. The number of hydrogen-bond acceptors (Lipinski definition) is 4. The summed E-state index contributed by atoms with van der Waals surface area (Å²) in [4.78, 5) is 7.81. The molecular weight excluding hydrogens is 219 g/mol. The molecule has 0 aromatic carbocycles.